The van der Waals surface area contributed by atoms with E-state index in [4.69, 9.17) is 14.2 Å². The van der Waals surface area contributed by atoms with Crippen molar-refractivity contribution in [3.05, 3.63) is 84.7 Å². The highest BCUT2D eigenvalue weighted by molar-refractivity contribution is 5.61. The Balaban J connectivity index is 1.38. The Bertz CT molecular complexity index is 1150. The van der Waals surface area contributed by atoms with Gasteiger partial charge in [-0.3, -0.25) is 0 Å². The molecule has 1 aromatic heterocycles. The zero-order valence-electron chi connectivity index (χ0n) is 17.8. The molecule has 0 aliphatic carbocycles. The monoisotopic (exact) mass is 429 g/mol. The Kier molecular flexibility index (Phi) is 6.62. The maximum atomic E-state index is 5.82. The van der Waals surface area contributed by atoms with Crippen molar-refractivity contribution in [3.8, 4) is 17.2 Å². The van der Waals surface area contributed by atoms with Crippen LogP contribution < -0.4 is 24.8 Å². The van der Waals surface area contributed by atoms with E-state index in [0.717, 1.165) is 22.7 Å². The van der Waals surface area contributed by atoms with E-state index in [1.807, 2.05) is 72.8 Å². The Morgan fingerprint density at radius 1 is 0.719 bits per heavy atom. The first-order valence-electron chi connectivity index (χ1n) is 9.95. The third-order valence-corrected chi connectivity index (χ3v) is 4.57. The van der Waals surface area contributed by atoms with Crippen molar-refractivity contribution in [2.45, 2.75) is 6.61 Å². The molecule has 8 heteroatoms. The average molecular weight is 429 g/mol. The summed E-state index contributed by atoms with van der Waals surface area (Å²) < 4.78 is 16.4. The van der Waals surface area contributed by atoms with Crippen molar-refractivity contribution in [2.24, 2.45) is 0 Å². The smallest absolute Gasteiger partial charge is 0.232 e. The van der Waals surface area contributed by atoms with E-state index < -0.39 is 0 Å². The fourth-order valence-corrected chi connectivity index (χ4v) is 2.96. The van der Waals surface area contributed by atoms with Crippen molar-refractivity contribution in [1.29, 1.82) is 0 Å². The molecule has 0 fully saturated rings. The molecular formula is C24H23N5O3. The van der Waals surface area contributed by atoms with Crippen LogP contribution in [-0.4, -0.2) is 29.2 Å². The molecule has 3 aromatic carbocycles. The van der Waals surface area contributed by atoms with Crippen LogP contribution in [0.25, 0.3) is 0 Å². The molecule has 162 valence electrons. The van der Waals surface area contributed by atoms with Crippen LogP contribution >= 0.6 is 0 Å². The molecule has 4 aromatic rings. The summed E-state index contributed by atoms with van der Waals surface area (Å²) in [5, 5.41) is 6.31. The molecule has 0 bridgehead atoms. The summed E-state index contributed by atoms with van der Waals surface area (Å²) in [7, 11) is 3.18. The van der Waals surface area contributed by atoms with Crippen molar-refractivity contribution < 1.29 is 14.2 Å². The number of methoxy groups -OCH3 is 2. The molecule has 4 rings (SSSR count). The zero-order valence-corrected chi connectivity index (χ0v) is 17.8. The molecule has 2 N–H and O–H groups in total. The molecule has 0 saturated carbocycles. The highest BCUT2D eigenvalue weighted by Gasteiger charge is 2.07. The Morgan fingerprint density at radius 3 is 2.06 bits per heavy atom. The molecular weight excluding hydrogens is 406 g/mol. The third kappa shape index (κ3) is 5.42. The lowest BCUT2D eigenvalue weighted by molar-refractivity contribution is 0.306. The van der Waals surface area contributed by atoms with Crippen LogP contribution in [0.15, 0.2) is 79.1 Å². The normalized spacial score (nSPS) is 10.3. The van der Waals surface area contributed by atoms with Crippen molar-refractivity contribution in [1.82, 2.24) is 15.0 Å². The van der Waals surface area contributed by atoms with Gasteiger partial charge in [-0.25, -0.2) is 9.97 Å². The van der Waals surface area contributed by atoms with E-state index >= 15 is 0 Å². The van der Waals surface area contributed by atoms with E-state index in [9.17, 15) is 0 Å². The summed E-state index contributed by atoms with van der Waals surface area (Å²) in [5.74, 6) is 2.86. The van der Waals surface area contributed by atoms with Crippen LogP contribution in [0.1, 0.15) is 5.56 Å². The second kappa shape index (κ2) is 10.1. The average Bonchev–Trinajstić information content (AvgIpc) is 2.84. The molecule has 32 heavy (non-hydrogen) atoms. The lowest BCUT2D eigenvalue weighted by Gasteiger charge is -2.11. The van der Waals surface area contributed by atoms with Gasteiger partial charge in [0.25, 0.3) is 0 Å². The van der Waals surface area contributed by atoms with E-state index in [1.165, 1.54) is 6.33 Å². The predicted molar refractivity (Wildman–Crippen MR) is 123 cm³/mol. The highest BCUT2D eigenvalue weighted by Crippen LogP contribution is 2.30. The summed E-state index contributed by atoms with van der Waals surface area (Å²) >= 11 is 0. The fraction of sp³-hybridized carbons (Fsp3) is 0.125. The maximum absolute atomic E-state index is 5.82. The van der Waals surface area contributed by atoms with Gasteiger partial charge in [0.1, 0.15) is 18.7 Å². The topological polar surface area (TPSA) is 90.4 Å². The van der Waals surface area contributed by atoms with E-state index in [2.05, 4.69) is 25.6 Å². The Labute approximate surface area is 186 Å². The van der Waals surface area contributed by atoms with Gasteiger partial charge in [0.05, 0.1) is 14.2 Å². The summed E-state index contributed by atoms with van der Waals surface area (Å²) in [4.78, 5) is 12.8. The molecule has 8 nitrogen and oxygen atoms in total. The van der Waals surface area contributed by atoms with Crippen LogP contribution in [0.4, 0.5) is 23.3 Å². The summed E-state index contributed by atoms with van der Waals surface area (Å²) in [6.45, 7) is 0.520. The predicted octanol–water partition coefficient (Wildman–Crippen LogP) is 4.96. The number of rotatable bonds is 9. The fourth-order valence-electron chi connectivity index (χ4n) is 2.96. The van der Waals surface area contributed by atoms with Gasteiger partial charge < -0.3 is 24.8 Å². The minimum absolute atomic E-state index is 0.400. The number of nitrogens with one attached hydrogen (secondary N) is 2. The van der Waals surface area contributed by atoms with Gasteiger partial charge in [-0.15, -0.1) is 0 Å². The van der Waals surface area contributed by atoms with Gasteiger partial charge in [-0.2, -0.15) is 4.98 Å². The summed E-state index contributed by atoms with van der Waals surface area (Å²) in [6, 6.07) is 23.1. The highest BCUT2D eigenvalue weighted by atomic mass is 16.5. The van der Waals surface area contributed by atoms with Gasteiger partial charge in [-0.05, 0) is 42.0 Å². The summed E-state index contributed by atoms with van der Waals surface area (Å²) in [5.41, 5.74) is 2.72. The van der Waals surface area contributed by atoms with Gasteiger partial charge >= 0.3 is 0 Å². The van der Waals surface area contributed by atoms with Crippen molar-refractivity contribution >= 4 is 23.3 Å². The van der Waals surface area contributed by atoms with Gasteiger partial charge in [0.2, 0.25) is 11.9 Å². The molecule has 0 aliphatic heterocycles. The van der Waals surface area contributed by atoms with Crippen LogP contribution in [0.3, 0.4) is 0 Å². The molecule has 0 aliphatic rings. The Morgan fingerprint density at radius 2 is 1.38 bits per heavy atom. The molecule has 0 spiro atoms. The van der Waals surface area contributed by atoms with Gasteiger partial charge in [-0.1, -0.05) is 30.3 Å². The molecule has 0 unspecified atom stereocenters. The van der Waals surface area contributed by atoms with E-state index in [-0.39, 0.29) is 0 Å². The standard InChI is InChI=1S/C24H23N5O3/c1-30-21-13-10-19(14-22(21)31-2)28-24-26-16-25-23(29-24)27-18-8-11-20(12-9-18)32-15-17-6-4-3-5-7-17/h3-14,16H,15H2,1-2H3,(H2,25,26,27,28,29). The number of benzene rings is 3. The molecule has 1 heterocycles. The van der Waals surface area contributed by atoms with Gasteiger partial charge in [0.15, 0.2) is 11.5 Å². The number of hydrogen-bond donors (Lipinski definition) is 2. The lowest BCUT2D eigenvalue weighted by atomic mass is 10.2. The largest absolute Gasteiger partial charge is 0.493 e. The first-order valence-corrected chi connectivity index (χ1v) is 9.95. The number of anilines is 4. The number of ether oxygens (including phenoxy) is 3. The van der Waals surface area contributed by atoms with Crippen molar-refractivity contribution in [2.75, 3.05) is 24.9 Å². The summed E-state index contributed by atoms with van der Waals surface area (Å²) in [6.07, 6.45) is 1.44. The molecule has 0 atom stereocenters. The van der Waals surface area contributed by atoms with E-state index in [1.54, 1.807) is 14.2 Å². The minimum atomic E-state index is 0.400. The number of hydrogen-bond acceptors (Lipinski definition) is 8. The van der Waals surface area contributed by atoms with Crippen LogP contribution in [0.2, 0.25) is 0 Å². The second-order valence-corrected chi connectivity index (χ2v) is 6.75. The minimum Gasteiger partial charge on any atom is -0.493 e. The molecule has 0 radical (unpaired) electrons. The number of nitrogens with zero attached hydrogens (tertiary/aromatic N) is 3. The second-order valence-electron chi connectivity index (χ2n) is 6.75. The lowest BCUT2D eigenvalue weighted by Crippen LogP contribution is -2.03. The van der Waals surface area contributed by atoms with Crippen LogP contribution in [-0.2, 0) is 6.61 Å². The van der Waals surface area contributed by atoms with Crippen molar-refractivity contribution in [3.63, 3.8) is 0 Å². The Hall–Kier alpha value is -4.33. The van der Waals surface area contributed by atoms with E-state index in [0.29, 0.717) is 30.0 Å². The maximum Gasteiger partial charge on any atom is 0.232 e. The SMILES string of the molecule is COc1ccc(Nc2ncnc(Nc3ccc(OCc4ccccc4)cc3)n2)cc1OC. The molecule has 0 amide bonds. The zero-order chi connectivity index (χ0) is 22.2. The quantitative estimate of drug-likeness (QED) is 0.386. The van der Waals surface area contributed by atoms with Gasteiger partial charge in [0, 0.05) is 17.4 Å². The first-order chi connectivity index (χ1) is 15.7. The first kappa shape index (κ1) is 20.9. The van der Waals surface area contributed by atoms with Crippen LogP contribution in [0, 0.1) is 0 Å². The third-order valence-electron chi connectivity index (χ3n) is 4.57. The number of aromatic nitrogens is 3. The van der Waals surface area contributed by atoms with Crippen LogP contribution in [0.5, 0.6) is 17.2 Å². The molecule has 0 saturated heterocycles.